The van der Waals surface area contributed by atoms with E-state index in [1.165, 1.54) is 29.3 Å². The van der Waals surface area contributed by atoms with Crippen molar-refractivity contribution in [3.05, 3.63) is 107 Å². The monoisotopic (exact) mass is 591 g/mol. The van der Waals surface area contributed by atoms with Gasteiger partial charge in [0.05, 0.1) is 12.2 Å². The van der Waals surface area contributed by atoms with Crippen LogP contribution in [0.25, 0.3) is 11.3 Å². The molecule has 0 atom stereocenters. The van der Waals surface area contributed by atoms with Crippen LogP contribution in [-0.4, -0.2) is 37.4 Å². The maximum Gasteiger partial charge on any atom is 0.387 e. The fourth-order valence-electron chi connectivity index (χ4n) is 4.55. The molecule has 0 aromatic heterocycles. The predicted molar refractivity (Wildman–Crippen MR) is 154 cm³/mol. The molecule has 0 saturated carbocycles. The van der Waals surface area contributed by atoms with E-state index in [4.69, 9.17) is 25.8 Å². The van der Waals surface area contributed by atoms with Crippen LogP contribution in [-0.2, 0) is 0 Å². The van der Waals surface area contributed by atoms with Crippen molar-refractivity contribution in [3.8, 4) is 28.7 Å². The maximum atomic E-state index is 13.3. The molecule has 4 aromatic rings. The topological polar surface area (TPSA) is 81.3 Å². The number of nitrogens with one attached hydrogen (secondary N) is 2. The molecule has 2 amide bonds. The van der Waals surface area contributed by atoms with Gasteiger partial charge in [-0.25, -0.2) is 9.80 Å². The van der Waals surface area contributed by atoms with Crippen LogP contribution in [0.3, 0.4) is 0 Å². The molecule has 4 aromatic carbocycles. The summed E-state index contributed by atoms with van der Waals surface area (Å²) in [6.07, 6.45) is 0. The van der Waals surface area contributed by atoms with Crippen molar-refractivity contribution >= 4 is 34.6 Å². The molecule has 0 spiro atoms. The van der Waals surface area contributed by atoms with E-state index in [0.717, 1.165) is 22.4 Å². The van der Waals surface area contributed by atoms with Gasteiger partial charge < -0.3 is 24.3 Å². The highest BCUT2D eigenvalue weighted by atomic mass is 35.5. The number of amides is 2. The van der Waals surface area contributed by atoms with Gasteiger partial charge in [-0.05, 0) is 83.9 Å². The number of rotatable bonds is 7. The van der Waals surface area contributed by atoms with Crippen LogP contribution in [0.2, 0.25) is 5.02 Å². The van der Waals surface area contributed by atoms with Gasteiger partial charge >= 0.3 is 12.6 Å². The molecule has 214 valence electrons. The van der Waals surface area contributed by atoms with Gasteiger partial charge in [0.1, 0.15) is 30.5 Å². The van der Waals surface area contributed by atoms with Crippen LogP contribution >= 0.6 is 11.6 Å². The summed E-state index contributed by atoms with van der Waals surface area (Å²) in [6, 6.07) is 25.4. The van der Waals surface area contributed by atoms with Crippen molar-refractivity contribution in [3.63, 3.8) is 0 Å². The van der Waals surface area contributed by atoms with E-state index < -0.39 is 6.61 Å². The Kier molecular flexibility index (Phi) is 7.70. The minimum absolute atomic E-state index is 0.0387. The first-order valence-electron chi connectivity index (χ1n) is 13.0. The zero-order chi connectivity index (χ0) is 29.1. The van der Waals surface area contributed by atoms with E-state index in [2.05, 4.69) is 15.5 Å². The molecule has 0 fully saturated rings. The Morgan fingerprint density at radius 2 is 1.45 bits per heavy atom. The van der Waals surface area contributed by atoms with Gasteiger partial charge in [-0.3, -0.25) is 5.43 Å². The molecular weight excluding hydrogens is 568 g/mol. The number of urea groups is 1. The number of ether oxygens (including phenoxy) is 4. The summed E-state index contributed by atoms with van der Waals surface area (Å²) in [4.78, 5) is 13.3. The van der Waals surface area contributed by atoms with Crippen molar-refractivity contribution in [2.75, 3.05) is 25.1 Å². The summed E-state index contributed by atoms with van der Waals surface area (Å²) in [6.45, 7) is -1.64. The first kappa shape index (κ1) is 27.2. The van der Waals surface area contributed by atoms with Crippen LogP contribution in [0.15, 0.2) is 91.0 Å². The third-order valence-electron chi connectivity index (χ3n) is 6.52. The average molecular weight is 592 g/mol. The summed E-state index contributed by atoms with van der Waals surface area (Å²) in [5.74, 6) is 2.33. The van der Waals surface area contributed by atoms with Gasteiger partial charge in [0.25, 0.3) is 0 Å². The van der Waals surface area contributed by atoms with Crippen molar-refractivity contribution in [1.82, 2.24) is 10.4 Å². The molecule has 2 heterocycles. The van der Waals surface area contributed by atoms with E-state index >= 15 is 0 Å². The second-order valence-electron chi connectivity index (χ2n) is 9.32. The average Bonchev–Trinajstić information content (AvgIpc) is 3.45. The number of anilines is 1. The molecule has 2 aliphatic heterocycles. The van der Waals surface area contributed by atoms with Crippen molar-refractivity contribution in [1.29, 1.82) is 0 Å². The summed E-state index contributed by atoms with van der Waals surface area (Å²) in [5.41, 5.74) is 7.22. The fourth-order valence-corrected chi connectivity index (χ4v) is 4.67. The van der Waals surface area contributed by atoms with Gasteiger partial charge in [0.15, 0.2) is 11.5 Å². The number of halogens is 3. The lowest BCUT2D eigenvalue weighted by atomic mass is 10.00. The third kappa shape index (κ3) is 6.18. The van der Waals surface area contributed by atoms with Crippen LogP contribution in [0, 0.1) is 0 Å². The summed E-state index contributed by atoms with van der Waals surface area (Å²) in [7, 11) is 0. The number of fused-ring (bicyclic) bond motifs is 1. The number of carbonyl (C=O) groups is 1. The predicted octanol–water partition coefficient (Wildman–Crippen LogP) is 7.43. The lowest BCUT2D eigenvalue weighted by Gasteiger charge is -2.20. The first-order chi connectivity index (χ1) is 20.4. The van der Waals surface area contributed by atoms with E-state index in [0.29, 0.717) is 46.9 Å². The largest absolute Gasteiger partial charge is 0.486 e. The highest BCUT2D eigenvalue weighted by Gasteiger charge is 2.28. The minimum atomic E-state index is -2.89. The highest BCUT2D eigenvalue weighted by molar-refractivity contribution is 6.30. The van der Waals surface area contributed by atoms with Crippen molar-refractivity contribution in [2.45, 2.75) is 6.61 Å². The van der Waals surface area contributed by atoms with Crippen LogP contribution in [0.5, 0.6) is 28.7 Å². The Morgan fingerprint density at radius 3 is 2.14 bits per heavy atom. The normalized spacial score (nSPS) is 14.0. The van der Waals surface area contributed by atoms with Gasteiger partial charge in [0, 0.05) is 16.3 Å². The molecule has 11 heteroatoms. The summed E-state index contributed by atoms with van der Waals surface area (Å²) in [5, 5.41) is 4.99. The van der Waals surface area contributed by atoms with E-state index in [9.17, 15) is 13.6 Å². The molecule has 6 rings (SSSR count). The third-order valence-corrected chi connectivity index (χ3v) is 6.78. The van der Waals surface area contributed by atoms with E-state index in [1.54, 1.807) is 36.4 Å². The number of alkyl halides is 2. The Labute approximate surface area is 245 Å². The van der Waals surface area contributed by atoms with Gasteiger partial charge in [-0.1, -0.05) is 29.8 Å². The smallest absolute Gasteiger partial charge is 0.387 e. The minimum Gasteiger partial charge on any atom is -0.486 e. The zero-order valence-electron chi connectivity index (χ0n) is 22.0. The molecule has 42 heavy (non-hydrogen) atoms. The van der Waals surface area contributed by atoms with Gasteiger partial charge in [0.2, 0.25) is 0 Å². The number of hydrogen-bond acceptors (Lipinski definition) is 6. The number of carbonyl (C=O) groups excluding carboxylic acids is 1. The molecule has 8 nitrogen and oxygen atoms in total. The molecule has 2 N–H and O–H groups in total. The van der Waals surface area contributed by atoms with E-state index in [-0.39, 0.29) is 18.3 Å². The number of benzene rings is 4. The van der Waals surface area contributed by atoms with E-state index in [1.807, 2.05) is 30.3 Å². The van der Waals surface area contributed by atoms with Crippen molar-refractivity contribution < 1.29 is 32.5 Å². The molecule has 2 aliphatic rings. The van der Waals surface area contributed by atoms with Crippen LogP contribution < -0.4 is 29.7 Å². The maximum absolute atomic E-state index is 13.3. The Hall–Kier alpha value is -4.96. The Balaban J connectivity index is 1.15. The SMILES string of the molecule is O=C(Nc1ccc(Oc2ccc(OC(F)F)cc2)cc1)N1CC(c2ccc3c(c2)OCCO3)=C(c2ccc(Cl)cc2)N1. The second kappa shape index (κ2) is 11.9. The highest BCUT2D eigenvalue weighted by Crippen LogP contribution is 2.37. The Morgan fingerprint density at radius 1 is 0.833 bits per heavy atom. The van der Waals surface area contributed by atoms with Gasteiger partial charge in [-0.2, -0.15) is 8.78 Å². The molecular formula is C31H24ClF2N3O5. The van der Waals surface area contributed by atoms with Crippen molar-refractivity contribution in [2.24, 2.45) is 0 Å². The molecule has 0 unspecified atom stereocenters. The van der Waals surface area contributed by atoms with Gasteiger partial charge in [-0.15, -0.1) is 0 Å². The zero-order valence-corrected chi connectivity index (χ0v) is 22.7. The number of hydrazine groups is 1. The molecule has 0 aliphatic carbocycles. The number of nitrogens with zero attached hydrogens (tertiary/aromatic N) is 1. The lowest BCUT2D eigenvalue weighted by Crippen LogP contribution is -2.40. The van der Waals surface area contributed by atoms with Crippen LogP contribution in [0.1, 0.15) is 11.1 Å². The molecule has 0 saturated heterocycles. The summed E-state index contributed by atoms with van der Waals surface area (Å²) < 4.78 is 46.3. The molecule has 0 bridgehead atoms. The summed E-state index contributed by atoms with van der Waals surface area (Å²) >= 11 is 6.12. The standard InChI is InChI=1S/C31H24ClF2N3O5/c32-21-4-1-19(2-5-21)29-26(20-3-14-27-28(17-20)40-16-15-39-27)18-37(36-29)31(38)35-22-6-8-23(9-7-22)41-24-10-12-25(13-11-24)42-30(33)34/h1-14,17,30,36H,15-16,18H2,(H,35,38). The Bertz CT molecular complexity index is 1610. The van der Waals surface area contributed by atoms with Crippen LogP contribution in [0.4, 0.5) is 19.3 Å². The quantitative estimate of drug-likeness (QED) is 0.233. The number of hydrogen-bond donors (Lipinski definition) is 2. The second-order valence-corrected chi connectivity index (χ2v) is 9.76. The fraction of sp³-hybridized carbons (Fsp3) is 0.129. The molecule has 0 radical (unpaired) electrons. The lowest BCUT2D eigenvalue weighted by molar-refractivity contribution is -0.0498. The first-order valence-corrected chi connectivity index (χ1v) is 13.4.